The number of rotatable bonds is 8. The van der Waals surface area contributed by atoms with Crippen LogP contribution in [0.15, 0.2) is 23.0 Å². The lowest BCUT2D eigenvalue weighted by atomic mass is 9.93. The molecule has 0 bridgehead atoms. The molecule has 11 nitrogen and oxygen atoms in total. The largest absolute Gasteiger partial charge is 0.465 e. The molecule has 1 aliphatic carbocycles. The Morgan fingerprint density at radius 3 is 2.76 bits per heavy atom. The van der Waals surface area contributed by atoms with Gasteiger partial charge in [0.2, 0.25) is 6.79 Å². The summed E-state index contributed by atoms with van der Waals surface area (Å²) >= 11 is 0. The van der Waals surface area contributed by atoms with Crippen LogP contribution in [0.4, 0.5) is 0 Å². The van der Waals surface area contributed by atoms with Crippen LogP contribution >= 0.6 is 0 Å². The van der Waals surface area contributed by atoms with Gasteiger partial charge < -0.3 is 19.2 Å². The minimum absolute atomic E-state index is 0.0432. The molecule has 11 heteroatoms. The lowest BCUT2D eigenvalue weighted by Gasteiger charge is -2.33. The number of carbonyl (C=O) groups is 1. The van der Waals surface area contributed by atoms with Gasteiger partial charge >= 0.3 is 5.97 Å². The smallest absolute Gasteiger partial charge is 0.327 e. The maximum atomic E-state index is 13.0. The normalized spacial score (nSPS) is 15.8. The van der Waals surface area contributed by atoms with Crippen molar-refractivity contribution < 1.29 is 19.0 Å². The van der Waals surface area contributed by atoms with Gasteiger partial charge in [0.15, 0.2) is 17.3 Å². The van der Waals surface area contributed by atoms with Gasteiger partial charge in [0.25, 0.3) is 5.56 Å². The molecule has 1 aromatic carbocycles. The number of nitrogens with one attached hydrogen (secondary N) is 1. The molecule has 0 atom stereocenters. The zero-order valence-electron chi connectivity index (χ0n) is 19.2. The minimum atomic E-state index is -0.384. The van der Waals surface area contributed by atoms with Gasteiger partial charge in [-0.3, -0.25) is 14.5 Å². The van der Waals surface area contributed by atoms with E-state index in [1.54, 1.807) is 13.0 Å². The molecular weight excluding hydrogens is 440 g/mol. The third-order valence-corrected chi connectivity index (χ3v) is 6.41. The molecule has 3 aromatic rings. The lowest BCUT2D eigenvalue weighted by Crippen LogP contribution is -2.38. The predicted octanol–water partition coefficient (Wildman–Crippen LogP) is 2.14. The summed E-state index contributed by atoms with van der Waals surface area (Å²) < 4.78 is 17.4. The predicted molar refractivity (Wildman–Crippen MR) is 121 cm³/mol. The molecule has 1 fully saturated rings. The highest BCUT2D eigenvalue weighted by molar-refractivity contribution is 5.83. The number of nitrogens with zero attached hydrogens (tertiary/aromatic N) is 5. The molecule has 0 amide bonds. The summed E-state index contributed by atoms with van der Waals surface area (Å²) in [5.74, 6) is 1.49. The second-order valence-corrected chi connectivity index (χ2v) is 8.67. The summed E-state index contributed by atoms with van der Waals surface area (Å²) in [7, 11) is 0. The van der Waals surface area contributed by atoms with Crippen molar-refractivity contribution >= 4 is 16.9 Å². The maximum absolute atomic E-state index is 13.0. The van der Waals surface area contributed by atoms with E-state index in [9.17, 15) is 9.59 Å². The van der Waals surface area contributed by atoms with Crippen molar-refractivity contribution in [2.75, 3.05) is 13.4 Å². The third-order valence-electron chi connectivity index (χ3n) is 6.41. The number of benzene rings is 1. The van der Waals surface area contributed by atoms with E-state index in [1.807, 2.05) is 12.1 Å². The van der Waals surface area contributed by atoms with Gasteiger partial charge in [-0.1, -0.05) is 19.3 Å². The summed E-state index contributed by atoms with van der Waals surface area (Å²) in [5, 5.41) is 12.8. The Morgan fingerprint density at radius 2 is 1.97 bits per heavy atom. The van der Waals surface area contributed by atoms with Crippen LogP contribution in [0, 0.1) is 0 Å². The first kappa shape index (κ1) is 22.3. The second kappa shape index (κ2) is 9.80. The van der Waals surface area contributed by atoms with E-state index in [-0.39, 0.29) is 24.9 Å². The number of aromatic nitrogens is 5. The molecule has 2 aromatic heterocycles. The van der Waals surface area contributed by atoms with Gasteiger partial charge in [-0.25, -0.2) is 4.68 Å². The Kier molecular flexibility index (Phi) is 6.43. The van der Waals surface area contributed by atoms with Crippen LogP contribution in [0.25, 0.3) is 10.9 Å². The number of pyridine rings is 1. The van der Waals surface area contributed by atoms with Crippen molar-refractivity contribution in [1.29, 1.82) is 0 Å². The molecule has 180 valence electrons. The molecule has 5 rings (SSSR count). The molecule has 0 spiro atoms. The van der Waals surface area contributed by atoms with Crippen LogP contribution in [-0.2, 0) is 29.2 Å². The zero-order chi connectivity index (χ0) is 23.5. The molecule has 0 unspecified atom stereocenters. The van der Waals surface area contributed by atoms with E-state index in [4.69, 9.17) is 14.2 Å². The second-order valence-electron chi connectivity index (χ2n) is 8.67. The number of fused-ring (bicyclic) bond motifs is 2. The Bertz CT molecular complexity index is 1230. The summed E-state index contributed by atoms with van der Waals surface area (Å²) in [4.78, 5) is 30.2. The van der Waals surface area contributed by atoms with E-state index in [1.165, 1.54) is 11.1 Å². The summed E-state index contributed by atoms with van der Waals surface area (Å²) in [6.07, 6.45) is 5.60. The fourth-order valence-electron chi connectivity index (χ4n) is 4.71. The van der Waals surface area contributed by atoms with Crippen molar-refractivity contribution in [3.05, 3.63) is 39.9 Å². The van der Waals surface area contributed by atoms with Gasteiger partial charge in [-0.15, -0.1) is 5.10 Å². The van der Waals surface area contributed by atoms with Crippen LogP contribution in [0.2, 0.25) is 0 Å². The molecule has 3 heterocycles. The number of tetrazole rings is 1. The lowest BCUT2D eigenvalue weighted by molar-refractivity contribution is -0.144. The van der Waals surface area contributed by atoms with Gasteiger partial charge in [0.05, 0.1) is 18.7 Å². The standard InChI is InChI=1S/C23H28N6O5/c1-2-32-22(30)13-29-21(25-26-27-29)12-28(17-6-4-3-5-7-17)11-16-8-15-9-19-20(34-14-33-19)10-18(15)24-23(16)31/h8-10,17H,2-7,11-14H2,1H3,(H,24,31). The van der Waals surface area contributed by atoms with Gasteiger partial charge in [-0.05, 0) is 42.3 Å². The average molecular weight is 469 g/mol. The highest BCUT2D eigenvalue weighted by Gasteiger charge is 2.25. The number of ether oxygens (including phenoxy) is 3. The van der Waals surface area contributed by atoms with E-state index < -0.39 is 0 Å². The van der Waals surface area contributed by atoms with Gasteiger partial charge in [0, 0.05) is 29.6 Å². The van der Waals surface area contributed by atoms with Crippen LogP contribution in [-0.4, -0.2) is 55.5 Å². The first-order chi connectivity index (χ1) is 16.6. The molecule has 1 saturated carbocycles. The van der Waals surface area contributed by atoms with Crippen LogP contribution < -0.4 is 15.0 Å². The number of hydrogen-bond donors (Lipinski definition) is 1. The first-order valence-corrected chi connectivity index (χ1v) is 11.7. The first-order valence-electron chi connectivity index (χ1n) is 11.7. The summed E-state index contributed by atoms with van der Waals surface area (Å²) in [6.45, 7) is 3.07. The van der Waals surface area contributed by atoms with E-state index in [2.05, 4.69) is 25.4 Å². The van der Waals surface area contributed by atoms with Crippen molar-refractivity contribution in [3.63, 3.8) is 0 Å². The average Bonchev–Trinajstić information content (AvgIpc) is 3.47. The third kappa shape index (κ3) is 4.74. The van der Waals surface area contributed by atoms with Crippen LogP contribution in [0.5, 0.6) is 11.5 Å². The SMILES string of the molecule is CCOC(=O)Cn1nnnc1CN(Cc1cc2cc3c(cc2[nH]c1=O)OCO3)C1CCCCC1. The van der Waals surface area contributed by atoms with Crippen LogP contribution in [0.3, 0.4) is 0 Å². The Hall–Kier alpha value is -3.47. The zero-order valence-corrected chi connectivity index (χ0v) is 19.2. The number of carbonyl (C=O) groups excluding carboxylic acids is 1. The fourth-order valence-corrected chi connectivity index (χ4v) is 4.71. The van der Waals surface area contributed by atoms with Crippen molar-refractivity contribution in [2.45, 2.75) is 64.7 Å². The van der Waals surface area contributed by atoms with Gasteiger partial charge in [0.1, 0.15) is 6.54 Å². The summed E-state index contributed by atoms with van der Waals surface area (Å²) in [6, 6.07) is 5.90. The number of aromatic amines is 1. The molecule has 0 radical (unpaired) electrons. The van der Waals surface area contributed by atoms with Crippen molar-refractivity contribution in [2.24, 2.45) is 0 Å². The maximum Gasteiger partial charge on any atom is 0.327 e. The molecular formula is C23H28N6O5. The fraction of sp³-hybridized carbons (Fsp3) is 0.522. The molecule has 1 N–H and O–H groups in total. The Labute approximate surface area is 196 Å². The number of H-pyrrole nitrogens is 1. The van der Waals surface area contributed by atoms with Crippen molar-refractivity contribution in [1.82, 2.24) is 30.1 Å². The molecule has 2 aliphatic rings. The monoisotopic (exact) mass is 468 g/mol. The molecule has 34 heavy (non-hydrogen) atoms. The van der Waals surface area contributed by atoms with E-state index in [0.717, 1.165) is 31.1 Å². The number of hydrogen-bond acceptors (Lipinski definition) is 9. The molecule has 1 aliphatic heterocycles. The summed E-state index contributed by atoms with van der Waals surface area (Å²) in [5.41, 5.74) is 1.22. The Balaban J connectivity index is 1.42. The highest BCUT2D eigenvalue weighted by Crippen LogP contribution is 2.35. The Morgan fingerprint density at radius 1 is 1.18 bits per heavy atom. The van der Waals surface area contributed by atoms with E-state index >= 15 is 0 Å². The van der Waals surface area contributed by atoms with Crippen molar-refractivity contribution in [3.8, 4) is 11.5 Å². The quantitative estimate of drug-likeness (QED) is 0.495. The minimum Gasteiger partial charge on any atom is -0.465 e. The van der Waals surface area contributed by atoms with E-state index in [0.29, 0.717) is 54.1 Å². The van der Waals surface area contributed by atoms with Gasteiger partial charge in [-0.2, -0.15) is 0 Å². The van der Waals surface area contributed by atoms with Crippen LogP contribution in [0.1, 0.15) is 50.4 Å². The molecule has 0 saturated heterocycles. The topological polar surface area (TPSA) is 124 Å². The highest BCUT2D eigenvalue weighted by atomic mass is 16.7. The number of esters is 1.